The highest BCUT2D eigenvalue weighted by atomic mass is 16.5. The third-order valence-electron chi connectivity index (χ3n) is 13.1. The molecule has 0 aliphatic heterocycles. The Kier molecular flexibility index (Phi) is 10.4. The van der Waals surface area contributed by atoms with Crippen LogP contribution < -0.4 is 0 Å². The van der Waals surface area contributed by atoms with Gasteiger partial charge in [-0.1, -0.05) is 111 Å². The summed E-state index contributed by atoms with van der Waals surface area (Å²) in [6.45, 7) is 17.6. The molecule has 2 nitrogen and oxygen atoms in total. The maximum absolute atomic E-state index is 12.6. The SMILES string of the molecule is CCCCCCCCC(=O)O[C@H]1CC[C@@]2(C)C(=CC[C@H]3[C@@H]4CC[C@H]([C@H](C)CCCC(C)C)[C@@]4(C)CC[C@@]32C)C1. The maximum Gasteiger partial charge on any atom is 0.306 e. The van der Waals surface area contributed by atoms with E-state index < -0.39 is 0 Å². The first kappa shape index (κ1) is 31.2. The third-order valence-corrected chi connectivity index (χ3v) is 13.1. The van der Waals surface area contributed by atoms with Crippen LogP contribution in [0.2, 0.25) is 0 Å². The first-order valence-electron chi connectivity index (χ1n) is 17.4. The van der Waals surface area contributed by atoms with Crippen molar-refractivity contribution in [3.8, 4) is 0 Å². The van der Waals surface area contributed by atoms with Gasteiger partial charge >= 0.3 is 5.97 Å². The van der Waals surface area contributed by atoms with Gasteiger partial charge < -0.3 is 4.74 Å². The van der Waals surface area contributed by atoms with Gasteiger partial charge in [0, 0.05) is 12.8 Å². The quantitative estimate of drug-likeness (QED) is 0.132. The summed E-state index contributed by atoms with van der Waals surface area (Å²) < 4.78 is 6.07. The predicted molar refractivity (Wildman–Crippen MR) is 166 cm³/mol. The van der Waals surface area contributed by atoms with Crippen molar-refractivity contribution in [3.63, 3.8) is 0 Å². The van der Waals surface area contributed by atoms with Gasteiger partial charge in [0.2, 0.25) is 0 Å². The van der Waals surface area contributed by atoms with Crippen molar-refractivity contribution in [1.29, 1.82) is 0 Å². The first-order chi connectivity index (χ1) is 18.5. The average Bonchev–Trinajstić information content (AvgIpc) is 3.24. The van der Waals surface area contributed by atoms with Crippen molar-refractivity contribution in [2.24, 2.45) is 45.8 Å². The summed E-state index contributed by atoms with van der Waals surface area (Å²) in [5.41, 5.74) is 2.84. The molecule has 0 heterocycles. The molecule has 0 amide bonds. The van der Waals surface area contributed by atoms with Crippen molar-refractivity contribution in [1.82, 2.24) is 0 Å². The van der Waals surface area contributed by atoms with E-state index in [-0.39, 0.29) is 17.5 Å². The number of esters is 1. The van der Waals surface area contributed by atoms with Crippen LogP contribution in [0.1, 0.15) is 164 Å². The predicted octanol–water partition coefficient (Wildman–Crippen LogP) is 11.1. The van der Waals surface area contributed by atoms with Crippen LogP contribution in [0, 0.1) is 45.8 Å². The van der Waals surface area contributed by atoms with Gasteiger partial charge in [0.05, 0.1) is 0 Å². The van der Waals surface area contributed by atoms with E-state index in [1.165, 1.54) is 89.9 Å². The van der Waals surface area contributed by atoms with Gasteiger partial charge in [-0.3, -0.25) is 4.79 Å². The molecular formula is C37H64O2. The van der Waals surface area contributed by atoms with Crippen molar-refractivity contribution in [3.05, 3.63) is 11.6 Å². The molecule has 0 unspecified atom stereocenters. The molecule has 0 saturated heterocycles. The molecule has 224 valence electrons. The van der Waals surface area contributed by atoms with E-state index in [0.29, 0.717) is 17.3 Å². The number of ether oxygens (including phenoxy) is 1. The number of carbonyl (C=O) groups excluding carboxylic acids is 1. The highest BCUT2D eigenvalue weighted by molar-refractivity contribution is 5.69. The van der Waals surface area contributed by atoms with Gasteiger partial charge in [-0.15, -0.1) is 0 Å². The van der Waals surface area contributed by atoms with Crippen LogP contribution in [-0.2, 0) is 9.53 Å². The normalized spacial score (nSPS) is 38.5. The van der Waals surface area contributed by atoms with Gasteiger partial charge in [-0.25, -0.2) is 0 Å². The molecule has 39 heavy (non-hydrogen) atoms. The molecule has 0 bridgehead atoms. The summed E-state index contributed by atoms with van der Waals surface area (Å²) in [6, 6.07) is 0. The Morgan fingerprint density at radius 1 is 0.897 bits per heavy atom. The Bertz CT molecular complexity index is 842. The fourth-order valence-corrected chi connectivity index (χ4v) is 10.4. The Labute approximate surface area is 242 Å². The van der Waals surface area contributed by atoms with Crippen molar-refractivity contribution in [2.75, 3.05) is 0 Å². The van der Waals surface area contributed by atoms with Crippen molar-refractivity contribution < 1.29 is 9.53 Å². The molecule has 4 aliphatic rings. The summed E-state index contributed by atoms with van der Waals surface area (Å²) in [6.07, 6.45) is 25.1. The summed E-state index contributed by atoms with van der Waals surface area (Å²) in [7, 11) is 0. The summed E-state index contributed by atoms with van der Waals surface area (Å²) in [5, 5.41) is 0. The monoisotopic (exact) mass is 540 g/mol. The zero-order chi connectivity index (χ0) is 28.3. The minimum absolute atomic E-state index is 0.0486. The van der Waals surface area contributed by atoms with E-state index in [9.17, 15) is 4.79 Å². The fraction of sp³-hybridized carbons (Fsp3) is 0.919. The minimum atomic E-state index is 0.0486. The number of unbranched alkanes of at least 4 members (excludes halogenated alkanes) is 5. The largest absolute Gasteiger partial charge is 0.462 e. The van der Waals surface area contributed by atoms with E-state index >= 15 is 0 Å². The highest BCUT2D eigenvalue weighted by Gasteiger charge is 2.64. The molecule has 0 aromatic heterocycles. The Hall–Kier alpha value is -0.790. The Morgan fingerprint density at radius 3 is 2.38 bits per heavy atom. The van der Waals surface area contributed by atoms with Crippen LogP contribution in [0.3, 0.4) is 0 Å². The van der Waals surface area contributed by atoms with Gasteiger partial charge in [-0.05, 0) is 97.2 Å². The van der Waals surface area contributed by atoms with E-state index in [4.69, 9.17) is 4.74 Å². The second-order valence-corrected chi connectivity index (χ2v) is 15.8. The van der Waals surface area contributed by atoms with E-state index in [2.05, 4.69) is 54.5 Å². The molecule has 0 spiro atoms. The van der Waals surface area contributed by atoms with Gasteiger partial charge in [0.1, 0.15) is 6.10 Å². The zero-order valence-corrected chi connectivity index (χ0v) is 27.1. The standard InChI is InChI=1S/C37H64O2/c1-8-9-10-11-12-13-17-34(38)39-30-22-23-36(6)29(26-30)18-19-33-32-21-20-31(28(4)16-14-15-27(2)3)35(32,5)24-25-37(33,36)7/h18,27-28,30-33H,8-17,19-26H2,1-7H3/t28-,30+,31-,32+,33+,35-,36+,37+/m1/s1. The number of hydrogen-bond donors (Lipinski definition) is 0. The van der Waals surface area contributed by atoms with E-state index in [0.717, 1.165) is 48.9 Å². The molecule has 3 fully saturated rings. The number of carbonyl (C=O) groups is 1. The van der Waals surface area contributed by atoms with Crippen LogP contribution in [0.5, 0.6) is 0 Å². The van der Waals surface area contributed by atoms with Crippen molar-refractivity contribution >= 4 is 5.97 Å². The summed E-state index contributed by atoms with van der Waals surface area (Å²) in [4.78, 5) is 12.6. The van der Waals surface area contributed by atoms with E-state index in [1.807, 2.05) is 0 Å². The lowest BCUT2D eigenvalue weighted by atomic mass is 9.40. The Balaban J connectivity index is 1.36. The van der Waals surface area contributed by atoms with Crippen LogP contribution in [-0.4, -0.2) is 12.1 Å². The second-order valence-electron chi connectivity index (χ2n) is 15.8. The second kappa shape index (κ2) is 13.0. The highest BCUT2D eigenvalue weighted by Crippen LogP contribution is 2.72. The van der Waals surface area contributed by atoms with Crippen molar-refractivity contribution in [2.45, 2.75) is 170 Å². The van der Waals surface area contributed by atoms with Crippen LogP contribution in [0.4, 0.5) is 0 Å². The van der Waals surface area contributed by atoms with Gasteiger partial charge in [0.25, 0.3) is 0 Å². The molecule has 4 rings (SSSR count). The van der Waals surface area contributed by atoms with Crippen LogP contribution in [0.15, 0.2) is 11.6 Å². The molecule has 2 heteroatoms. The number of hydrogen-bond acceptors (Lipinski definition) is 2. The molecule has 0 radical (unpaired) electrons. The molecular weight excluding hydrogens is 476 g/mol. The molecule has 0 aromatic rings. The maximum atomic E-state index is 12.6. The molecule has 0 aromatic carbocycles. The van der Waals surface area contributed by atoms with Gasteiger partial charge in [-0.2, -0.15) is 0 Å². The van der Waals surface area contributed by atoms with Crippen LogP contribution in [0.25, 0.3) is 0 Å². The lowest BCUT2D eigenvalue weighted by molar-refractivity contribution is -0.154. The van der Waals surface area contributed by atoms with Crippen LogP contribution >= 0.6 is 0 Å². The molecule has 8 atom stereocenters. The molecule has 3 saturated carbocycles. The number of allylic oxidation sites excluding steroid dienone is 1. The van der Waals surface area contributed by atoms with Gasteiger partial charge in [0.15, 0.2) is 0 Å². The molecule has 0 N–H and O–H groups in total. The zero-order valence-electron chi connectivity index (χ0n) is 27.1. The van der Waals surface area contributed by atoms with E-state index in [1.54, 1.807) is 5.57 Å². The summed E-state index contributed by atoms with van der Waals surface area (Å²) >= 11 is 0. The minimum Gasteiger partial charge on any atom is -0.462 e. The fourth-order valence-electron chi connectivity index (χ4n) is 10.4. The summed E-state index contributed by atoms with van der Waals surface area (Å²) in [5.74, 6) is 4.38. The third kappa shape index (κ3) is 6.35. The lowest BCUT2D eigenvalue weighted by Crippen LogP contribution is -2.57. The Morgan fingerprint density at radius 2 is 1.64 bits per heavy atom. The first-order valence-corrected chi connectivity index (χ1v) is 17.4. The number of rotatable bonds is 13. The topological polar surface area (TPSA) is 26.3 Å². The number of fused-ring (bicyclic) bond motifs is 5. The smallest absolute Gasteiger partial charge is 0.306 e. The lowest BCUT2D eigenvalue weighted by Gasteiger charge is -2.64. The molecule has 4 aliphatic carbocycles. The average molecular weight is 541 g/mol.